The molecule has 0 spiro atoms. The van der Waals surface area contributed by atoms with Crippen molar-refractivity contribution < 1.29 is 9.21 Å². The Labute approximate surface area is 149 Å². The van der Waals surface area contributed by atoms with Gasteiger partial charge in [0.25, 0.3) is 0 Å². The van der Waals surface area contributed by atoms with Gasteiger partial charge < -0.3 is 9.21 Å². The van der Waals surface area contributed by atoms with Crippen LogP contribution in [0.15, 0.2) is 65.1 Å². The Hall–Kier alpha value is -2.68. The van der Waals surface area contributed by atoms with E-state index in [0.29, 0.717) is 18.7 Å². The number of rotatable bonds is 5. The van der Waals surface area contributed by atoms with Crippen LogP contribution in [0.1, 0.15) is 39.5 Å². The van der Waals surface area contributed by atoms with Crippen LogP contribution in [0.4, 0.5) is 0 Å². The second-order valence-corrected chi connectivity index (χ2v) is 5.93. The molecule has 3 nitrogen and oxygen atoms in total. The summed E-state index contributed by atoms with van der Waals surface area (Å²) < 4.78 is 5.94. The van der Waals surface area contributed by atoms with Crippen LogP contribution >= 0.6 is 0 Å². The molecule has 0 bridgehead atoms. The summed E-state index contributed by atoms with van der Waals surface area (Å²) in [6.07, 6.45) is 2.23. The molecule has 0 N–H and O–H groups in total. The number of aryl methyl sites for hydroxylation is 1. The van der Waals surface area contributed by atoms with Crippen molar-refractivity contribution in [2.45, 2.75) is 40.0 Å². The van der Waals surface area contributed by atoms with E-state index in [-0.39, 0.29) is 5.78 Å². The number of nitrogens with zero attached hydrogens (tertiary/aromatic N) is 1. The fourth-order valence-corrected chi connectivity index (χ4v) is 2.33. The summed E-state index contributed by atoms with van der Waals surface area (Å²) >= 11 is 0. The molecule has 2 aromatic carbocycles. The molecule has 0 fully saturated rings. The lowest BCUT2D eigenvalue weighted by atomic mass is 10.1. The lowest BCUT2D eigenvalue weighted by Gasteiger charge is -2.00. The van der Waals surface area contributed by atoms with Crippen molar-refractivity contribution in [3.05, 3.63) is 66.6 Å². The average Bonchev–Trinajstić information content (AvgIpc) is 3.06. The fraction of sp³-hybridized carbons (Fsp3) is 0.273. The molecule has 3 aromatic rings. The molecule has 0 aliphatic heterocycles. The third-order valence-electron chi connectivity index (χ3n) is 3.45. The first kappa shape index (κ1) is 18.7. The highest BCUT2D eigenvalue weighted by atomic mass is 16.4. The van der Waals surface area contributed by atoms with E-state index >= 15 is 0 Å². The smallest absolute Gasteiger partial charge is 0.195 e. The average molecular weight is 335 g/mol. The van der Waals surface area contributed by atoms with E-state index in [9.17, 15) is 4.79 Å². The van der Waals surface area contributed by atoms with Gasteiger partial charge in [-0.2, -0.15) is 0 Å². The van der Waals surface area contributed by atoms with Crippen LogP contribution in [0, 0.1) is 0 Å². The number of carbonyl (C=O) groups is 1. The maximum Gasteiger partial charge on any atom is 0.195 e. The van der Waals surface area contributed by atoms with Gasteiger partial charge in [-0.05, 0) is 6.92 Å². The Kier molecular flexibility index (Phi) is 7.15. The van der Waals surface area contributed by atoms with Gasteiger partial charge in [0, 0.05) is 24.0 Å². The fourth-order valence-electron chi connectivity index (χ4n) is 2.33. The zero-order chi connectivity index (χ0) is 18.1. The molecule has 0 amide bonds. The third-order valence-corrected chi connectivity index (χ3v) is 3.45. The summed E-state index contributed by atoms with van der Waals surface area (Å²) in [5, 5.41) is 0. The van der Waals surface area contributed by atoms with Crippen LogP contribution < -0.4 is 0 Å². The van der Waals surface area contributed by atoms with Crippen molar-refractivity contribution in [3.63, 3.8) is 0 Å². The molecule has 0 unspecified atom stereocenters. The van der Waals surface area contributed by atoms with Crippen LogP contribution in [0.3, 0.4) is 0 Å². The summed E-state index contributed by atoms with van der Waals surface area (Å²) in [6.45, 7) is 5.83. The van der Waals surface area contributed by atoms with E-state index in [1.807, 2.05) is 60.7 Å². The molecule has 1 heterocycles. The molecular weight excluding hydrogens is 310 g/mol. The minimum Gasteiger partial charge on any atom is -0.440 e. The lowest BCUT2D eigenvalue weighted by Crippen LogP contribution is -1.93. The number of carbonyl (C=O) groups excluding carboxylic acids is 1. The van der Waals surface area contributed by atoms with Crippen LogP contribution in [0.2, 0.25) is 0 Å². The predicted octanol–water partition coefficient (Wildman–Crippen LogP) is 5.95. The van der Waals surface area contributed by atoms with E-state index in [4.69, 9.17) is 4.42 Å². The van der Waals surface area contributed by atoms with Gasteiger partial charge in [0.15, 0.2) is 11.7 Å². The largest absolute Gasteiger partial charge is 0.440 e. The first-order chi connectivity index (χ1) is 12.2. The number of aromatic nitrogens is 1. The van der Waals surface area contributed by atoms with Gasteiger partial charge in [0.1, 0.15) is 11.5 Å². The molecule has 3 heteroatoms. The SMILES string of the molecule is CC(=O)CCc1nc(-c2ccccc2)c(-c2ccccc2)o1.CCC. The van der Waals surface area contributed by atoms with Gasteiger partial charge in [0.05, 0.1) is 0 Å². The third kappa shape index (κ3) is 5.42. The molecule has 0 aliphatic carbocycles. The quantitative estimate of drug-likeness (QED) is 0.579. The normalized spacial score (nSPS) is 10.0. The maximum atomic E-state index is 11.2. The van der Waals surface area contributed by atoms with Crippen molar-refractivity contribution in [2.75, 3.05) is 0 Å². The topological polar surface area (TPSA) is 43.1 Å². The van der Waals surface area contributed by atoms with Crippen molar-refractivity contribution >= 4 is 5.78 Å². The van der Waals surface area contributed by atoms with Gasteiger partial charge in [-0.1, -0.05) is 80.9 Å². The summed E-state index contributed by atoms with van der Waals surface area (Å²) in [7, 11) is 0. The van der Waals surface area contributed by atoms with Crippen LogP contribution in [0.5, 0.6) is 0 Å². The highest BCUT2D eigenvalue weighted by Crippen LogP contribution is 2.32. The molecule has 0 radical (unpaired) electrons. The molecular formula is C22H25NO2. The Morgan fingerprint density at radius 2 is 1.44 bits per heavy atom. The Morgan fingerprint density at radius 3 is 1.96 bits per heavy atom. The van der Waals surface area contributed by atoms with Crippen molar-refractivity contribution in [3.8, 4) is 22.6 Å². The van der Waals surface area contributed by atoms with E-state index < -0.39 is 0 Å². The highest BCUT2D eigenvalue weighted by molar-refractivity contribution is 5.77. The number of Topliss-reactive ketones (excluding diaryl/α,β-unsaturated/α-hetero) is 1. The molecule has 1 aromatic heterocycles. The molecule has 0 atom stereocenters. The number of oxazole rings is 1. The summed E-state index contributed by atoms with van der Waals surface area (Å²) in [5.74, 6) is 1.50. The Bertz CT molecular complexity index is 719. The van der Waals surface area contributed by atoms with Crippen LogP contribution in [0.25, 0.3) is 22.6 Å². The number of hydrogen-bond donors (Lipinski definition) is 0. The minimum atomic E-state index is 0.140. The Balaban J connectivity index is 0.000000701. The zero-order valence-corrected chi connectivity index (χ0v) is 15.2. The number of ketones is 1. The lowest BCUT2D eigenvalue weighted by molar-refractivity contribution is -0.117. The first-order valence-corrected chi connectivity index (χ1v) is 8.75. The van der Waals surface area contributed by atoms with Crippen molar-refractivity contribution in [1.29, 1.82) is 0 Å². The predicted molar refractivity (Wildman–Crippen MR) is 102 cm³/mol. The van der Waals surface area contributed by atoms with E-state index in [1.54, 1.807) is 6.92 Å². The summed E-state index contributed by atoms with van der Waals surface area (Å²) in [6, 6.07) is 19.9. The molecule has 0 saturated carbocycles. The van der Waals surface area contributed by atoms with Gasteiger partial charge in [-0.3, -0.25) is 0 Å². The van der Waals surface area contributed by atoms with Gasteiger partial charge >= 0.3 is 0 Å². The van der Waals surface area contributed by atoms with Crippen molar-refractivity contribution in [1.82, 2.24) is 4.98 Å². The molecule has 0 saturated heterocycles. The van der Waals surface area contributed by atoms with Gasteiger partial charge in [-0.25, -0.2) is 4.98 Å². The number of hydrogen-bond acceptors (Lipinski definition) is 3. The van der Waals surface area contributed by atoms with Crippen molar-refractivity contribution in [2.24, 2.45) is 0 Å². The van der Waals surface area contributed by atoms with Gasteiger partial charge in [0.2, 0.25) is 0 Å². The second-order valence-electron chi connectivity index (χ2n) is 5.93. The monoisotopic (exact) mass is 335 g/mol. The standard InChI is InChI=1S/C19H17NO2.C3H8/c1-14(21)12-13-17-20-18(15-8-4-2-5-9-15)19(22-17)16-10-6-3-7-11-16;1-3-2/h2-11H,12-13H2,1H3;3H2,1-2H3. The minimum absolute atomic E-state index is 0.140. The first-order valence-electron chi connectivity index (χ1n) is 8.75. The maximum absolute atomic E-state index is 11.2. The molecule has 0 aliphatic rings. The Morgan fingerprint density at radius 1 is 0.920 bits per heavy atom. The number of benzene rings is 2. The molecule has 25 heavy (non-hydrogen) atoms. The van der Waals surface area contributed by atoms with E-state index in [2.05, 4.69) is 18.8 Å². The second kappa shape index (κ2) is 9.58. The summed E-state index contributed by atoms with van der Waals surface area (Å²) in [5.41, 5.74) is 2.83. The highest BCUT2D eigenvalue weighted by Gasteiger charge is 2.16. The van der Waals surface area contributed by atoms with E-state index in [1.165, 1.54) is 6.42 Å². The van der Waals surface area contributed by atoms with Crippen LogP contribution in [-0.4, -0.2) is 10.8 Å². The van der Waals surface area contributed by atoms with E-state index in [0.717, 1.165) is 22.6 Å². The van der Waals surface area contributed by atoms with Crippen LogP contribution in [-0.2, 0) is 11.2 Å². The zero-order valence-electron chi connectivity index (χ0n) is 15.2. The van der Waals surface area contributed by atoms with Gasteiger partial charge in [-0.15, -0.1) is 0 Å². The summed E-state index contributed by atoms with van der Waals surface area (Å²) in [4.78, 5) is 15.8. The molecule has 130 valence electrons. The molecule has 3 rings (SSSR count).